The Labute approximate surface area is 133 Å². The zero-order valence-electron chi connectivity index (χ0n) is 12.4. The molecule has 22 heavy (non-hydrogen) atoms. The number of rotatable bonds is 5. The molecular formula is C16H18N2O3S. The number of aryl methyl sites for hydroxylation is 1. The molecule has 0 radical (unpaired) electrons. The zero-order chi connectivity index (χ0) is 15.4. The van der Waals surface area contributed by atoms with E-state index in [-0.39, 0.29) is 12.0 Å². The van der Waals surface area contributed by atoms with Crippen LogP contribution in [0.2, 0.25) is 0 Å². The largest absolute Gasteiger partial charge is 0.486 e. The summed E-state index contributed by atoms with van der Waals surface area (Å²) in [5.74, 6) is 1.53. The van der Waals surface area contributed by atoms with Gasteiger partial charge in [-0.1, -0.05) is 12.1 Å². The molecule has 1 unspecified atom stereocenters. The van der Waals surface area contributed by atoms with Crippen molar-refractivity contribution in [1.29, 1.82) is 0 Å². The Morgan fingerprint density at radius 3 is 3.00 bits per heavy atom. The molecule has 1 aromatic carbocycles. The number of nitrogens with zero attached hydrogens (tertiary/aromatic N) is 1. The summed E-state index contributed by atoms with van der Waals surface area (Å²) in [4.78, 5) is 16.1. The molecule has 0 spiro atoms. The van der Waals surface area contributed by atoms with Gasteiger partial charge in [-0.25, -0.2) is 4.98 Å². The summed E-state index contributed by atoms with van der Waals surface area (Å²) in [5, 5.41) is 5.80. The van der Waals surface area contributed by atoms with E-state index in [1.165, 1.54) is 0 Å². The van der Waals surface area contributed by atoms with Crippen LogP contribution in [0.15, 0.2) is 29.6 Å². The Morgan fingerprint density at radius 2 is 2.23 bits per heavy atom. The molecule has 5 nitrogen and oxygen atoms in total. The highest BCUT2D eigenvalue weighted by atomic mass is 32.1. The van der Waals surface area contributed by atoms with E-state index in [4.69, 9.17) is 9.47 Å². The van der Waals surface area contributed by atoms with Crippen molar-refractivity contribution in [2.24, 2.45) is 0 Å². The molecule has 6 heteroatoms. The Hall–Kier alpha value is -2.08. The number of amides is 1. The van der Waals surface area contributed by atoms with Crippen LogP contribution in [0.1, 0.15) is 17.1 Å². The number of thiazole rings is 1. The van der Waals surface area contributed by atoms with E-state index in [0.717, 1.165) is 28.6 Å². The van der Waals surface area contributed by atoms with Crippen molar-refractivity contribution in [3.8, 4) is 11.5 Å². The van der Waals surface area contributed by atoms with Gasteiger partial charge in [0.25, 0.3) is 0 Å². The van der Waals surface area contributed by atoms with Crippen molar-refractivity contribution < 1.29 is 14.3 Å². The molecule has 0 fully saturated rings. The summed E-state index contributed by atoms with van der Waals surface area (Å²) in [6.07, 6.45) is 1.02. The van der Waals surface area contributed by atoms with E-state index >= 15 is 0 Å². The van der Waals surface area contributed by atoms with Crippen molar-refractivity contribution >= 4 is 17.2 Å². The normalized spacial score (nSPS) is 16.3. The molecule has 0 aliphatic carbocycles. The number of nitrogens with one attached hydrogen (secondary N) is 1. The van der Waals surface area contributed by atoms with Crippen molar-refractivity contribution in [3.63, 3.8) is 0 Å². The maximum Gasteiger partial charge on any atom is 0.226 e. The van der Waals surface area contributed by atoms with E-state index in [1.54, 1.807) is 11.3 Å². The third kappa shape index (κ3) is 3.76. The third-order valence-electron chi connectivity index (χ3n) is 3.36. The number of hydrogen-bond donors (Lipinski definition) is 1. The molecule has 1 aliphatic heterocycles. The lowest BCUT2D eigenvalue weighted by Crippen LogP contribution is -2.34. The average Bonchev–Trinajstić information content (AvgIpc) is 2.92. The molecule has 2 heterocycles. The van der Waals surface area contributed by atoms with E-state index in [2.05, 4.69) is 10.3 Å². The molecule has 3 rings (SSSR count). The molecule has 1 N–H and O–H groups in total. The molecule has 0 bridgehead atoms. The minimum Gasteiger partial charge on any atom is -0.486 e. The fourth-order valence-corrected chi connectivity index (χ4v) is 2.91. The second-order valence-corrected chi connectivity index (χ2v) is 6.23. The molecule has 116 valence electrons. The quantitative estimate of drug-likeness (QED) is 0.919. The van der Waals surface area contributed by atoms with Gasteiger partial charge in [-0.05, 0) is 19.1 Å². The Kier molecular flexibility index (Phi) is 4.58. The third-order valence-corrected chi connectivity index (χ3v) is 4.19. The van der Waals surface area contributed by atoms with Crippen LogP contribution in [-0.4, -0.2) is 30.1 Å². The van der Waals surface area contributed by atoms with Crippen molar-refractivity contribution in [3.05, 3.63) is 40.3 Å². The van der Waals surface area contributed by atoms with Gasteiger partial charge in [0, 0.05) is 18.3 Å². The zero-order valence-corrected chi connectivity index (χ0v) is 13.2. The molecular weight excluding hydrogens is 300 g/mol. The van der Waals surface area contributed by atoms with Crippen LogP contribution in [0.3, 0.4) is 0 Å². The predicted octanol–water partition coefficient (Wildman–Crippen LogP) is 2.34. The van der Waals surface area contributed by atoms with Gasteiger partial charge < -0.3 is 14.8 Å². The van der Waals surface area contributed by atoms with Crippen molar-refractivity contribution in [2.75, 3.05) is 13.2 Å². The maximum absolute atomic E-state index is 11.8. The maximum atomic E-state index is 11.8. The van der Waals surface area contributed by atoms with E-state index in [1.807, 2.05) is 36.6 Å². The number of fused-ring (bicyclic) bond motifs is 1. The first-order valence-corrected chi connectivity index (χ1v) is 8.15. The van der Waals surface area contributed by atoms with Gasteiger partial charge in [-0.3, -0.25) is 4.79 Å². The minimum absolute atomic E-state index is 0.0116. The summed E-state index contributed by atoms with van der Waals surface area (Å²) < 4.78 is 11.5. The van der Waals surface area contributed by atoms with Crippen molar-refractivity contribution in [1.82, 2.24) is 10.3 Å². The van der Waals surface area contributed by atoms with Gasteiger partial charge in [0.05, 0.1) is 17.1 Å². The molecule has 1 amide bonds. The molecule has 1 aliphatic rings. The summed E-state index contributed by atoms with van der Waals surface area (Å²) in [7, 11) is 0. The summed E-state index contributed by atoms with van der Waals surface area (Å²) in [6, 6.07) is 7.62. The van der Waals surface area contributed by atoms with Crippen LogP contribution in [-0.2, 0) is 11.2 Å². The molecule has 2 aromatic rings. The van der Waals surface area contributed by atoms with E-state index in [9.17, 15) is 4.79 Å². The second-order valence-electron chi connectivity index (χ2n) is 5.17. The summed E-state index contributed by atoms with van der Waals surface area (Å²) in [5.41, 5.74) is 0.825. The molecule has 1 aromatic heterocycles. The first-order valence-electron chi connectivity index (χ1n) is 7.27. The fraction of sp³-hybridized carbons (Fsp3) is 0.375. The van der Waals surface area contributed by atoms with Gasteiger partial charge >= 0.3 is 0 Å². The van der Waals surface area contributed by atoms with Crippen LogP contribution in [0.25, 0.3) is 0 Å². The lowest BCUT2D eigenvalue weighted by atomic mass is 10.2. The lowest BCUT2D eigenvalue weighted by Gasteiger charge is -2.26. The molecule has 0 saturated carbocycles. The number of hydrogen-bond acceptors (Lipinski definition) is 5. The number of ether oxygens (including phenoxy) is 2. The number of carbonyl (C=O) groups excluding carboxylic acids is 1. The summed E-state index contributed by atoms with van der Waals surface area (Å²) >= 11 is 1.56. The number of para-hydroxylation sites is 2. The van der Waals surface area contributed by atoms with Crippen molar-refractivity contribution in [2.45, 2.75) is 25.9 Å². The van der Waals surface area contributed by atoms with Gasteiger partial charge in [0.15, 0.2) is 11.5 Å². The van der Waals surface area contributed by atoms with Crippen LogP contribution in [0.4, 0.5) is 0 Å². The Morgan fingerprint density at radius 1 is 1.41 bits per heavy atom. The SMILES string of the molecule is Cc1nc(CC(=O)NCCC2COc3ccccc3O2)cs1. The Balaban J connectivity index is 1.41. The van der Waals surface area contributed by atoms with E-state index in [0.29, 0.717) is 19.6 Å². The highest BCUT2D eigenvalue weighted by Gasteiger charge is 2.20. The predicted molar refractivity (Wildman–Crippen MR) is 84.5 cm³/mol. The van der Waals surface area contributed by atoms with Crippen LogP contribution in [0, 0.1) is 6.92 Å². The fourth-order valence-electron chi connectivity index (χ4n) is 2.29. The average molecular weight is 318 g/mol. The first kappa shape index (κ1) is 14.8. The number of carbonyl (C=O) groups is 1. The minimum atomic E-state index is -0.0308. The topological polar surface area (TPSA) is 60.5 Å². The highest BCUT2D eigenvalue weighted by Crippen LogP contribution is 2.31. The summed E-state index contributed by atoms with van der Waals surface area (Å²) in [6.45, 7) is 3.01. The molecule has 0 saturated heterocycles. The van der Waals surface area contributed by atoms with Crippen LogP contribution in [0.5, 0.6) is 11.5 Å². The van der Waals surface area contributed by atoms with Crippen LogP contribution < -0.4 is 14.8 Å². The smallest absolute Gasteiger partial charge is 0.226 e. The van der Waals surface area contributed by atoms with Gasteiger partial charge in [-0.2, -0.15) is 0 Å². The Bertz CT molecular complexity index is 656. The van der Waals surface area contributed by atoms with Gasteiger partial charge in [0.2, 0.25) is 5.91 Å². The van der Waals surface area contributed by atoms with E-state index < -0.39 is 0 Å². The van der Waals surface area contributed by atoms with Crippen LogP contribution >= 0.6 is 11.3 Å². The monoisotopic (exact) mass is 318 g/mol. The number of benzene rings is 1. The van der Waals surface area contributed by atoms with Gasteiger partial charge in [0.1, 0.15) is 12.7 Å². The second kappa shape index (κ2) is 6.79. The number of aromatic nitrogens is 1. The standard InChI is InChI=1S/C16H18N2O3S/c1-11-18-12(10-22-11)8-16(19)17-7-6-13-9-20-14-4-2-3-5-15(14)21-13/h2-5,10,13H,6-9H2,1H3,(H,17,19). The molecule has 1 atom stereocenters. The lowest BCUT2D eigenvalue weighted by molar-refractivity contribution is -0.120. The van der Waals surface area contributed by atoms with Gasteiger partial charge in [-0.15, -0.1) is 11.3 Å². The first-order chi connectivity index (χ1) is 10.7. The highest BCUT2D eigenvalue weighted by molar-refractivity contribution is 7.09.